The second-order valence-electron chi connectivity index (χ2n) is 7.10. The fraction of sp³-hybridized carbons (Fsp3) is 0.421. The topological polar surface area (TPSA) is 90.1 Å². The number of benzene rings is 1. The average Bonchev–Trinajstić information content (AvgIpc) is 3.25. The molecular formula is C19H24FN5O2. The number of aromatic nitrogens is 2. The number of carbonyl (C=O) groups is 2. The van der Waals surface area contributed by atoms with Gasteiger partial charge < -0.3 is 15.5 Å². The van der Waals surface area contributed by atoms with Crippen molar-refractivity contribution in [1.82, 2.24) is 20.4 Å². The molecule has 8 heteroatoms. The number of hydrogen-bond acceptors (Lipinski definition) is 3. The molecule has 0 aliphatic carbocycles. The number of nitrogens with one attached hydrogen (secondary N) is 3. The van der Waals surface area contributed by atoms with Crippen LogP contribution in [0.5, 0.6) is 0 Å². The highest BCUT2D eigenvalue weighted by atomic mass is 19.1. The predicted molar refractivity (Wildman–Crippen MR) is 101 cm³/mol. The molecule has 3 rings (SSSR count). The third-order valence-electron chi connectivity index (χ3n) is 4.47. The van der Waals surface area contributed by atoms with Crippen LogP contribution in [-0.4, -0.2) is 45.7 Å². The van der Waals surface area contributed by atoms with E-state index in [0.29, 0.717) is 30.0 Å². The molecule has 0 unspecified atom stereocenters. The Hall–Kier alpha value is -2.90. The van der Waals surface area contributed by atoms with E-state index in [1.54, 1.807) is 23.1 Å². The summed E-state index contributed by atoms with van der Waals surface area (Å²) < 4.78 is 14.0. The zero-order valence-electron chi connectivity index (χ0n) is 15.7. The van der Waals surface area contributed by atoms with Gasteiger partial charge in [-0.1, -0.05) is 11.6 Å². The van der Waals surface area contributed by atoms with Crippen molar-refractivity contribution in [3.63, 3.8) is 0 Å². The zero-order chi connectivity index (χ0) is 19.6. The van der Waals surface area contributed by atoms with Crippen molar-refractivity contribution in [2.24, 2.45) is 0 Å². The first-order valence-corrected chi connectivity index (χ1v) is 9.05. The number of anilines is 1. The Kier molecular flexibility index (Phi) is 5.43. The smallest absolute Gasteiger partial charge is 0.318 e. The van der Waals surface area contributed by atoms with Gasteiger partial charge in [0.15, 0.2) is 5.82 Å². The van der Waals surface area contributed by atoms with Gasteiger partial charge in [0, 0.05) is 24.2 Å². The number of amides is 3. The average molecular weight is 373 g/mol. The lowest BCUT2D eigenvalue weighted by Gasteiger charge is -2.25. The molecular weight excluding hydrogens is 349 g/mol. The Morgan fingerprint density at radius 1 is 1.33 bits per heavy atom. The van der Waals surface area contributed by atoms with Gasteiger partial charge in [0.05, 0.1) is 5.69 Å². The molecule has 7 nitrogen and oxygen atoms in total. The Morgan fingerprint density at radius 3 is 2.85 bits per heavy atom. The first-order chi connectivity index (χ1) is 12.8. The maximum atomic E-state index is 14.0. The molecule has 2 aromatic rings. The summed E-state index contributed by atoms with van der Waals surface area (Å²) in [4.78, 5) is 26.4. The highest BCUT2D eigenvalue weighted by Gasteiger charge is 2.34. The first-order valence-electron chi connectivity index (χ1n) is 9.05. The van der Waals surface area contributed by atoms with E-state index < -0.39 is 6.04 Å². The van der Waals surface area contributed by atoms with Crippen LogP contribution in [0.4, 0.5) is 15.0 Å². The third kappa shape index (κ3) is 4.27. The minimum atomic E-state index is -0.542. The number of H-pyrrole nitrogens is 1. The summed E-state index contributed by atoms with van der Waals surface area (Å²) >= 11 is 0. The lowest BCUT2D eigenvalue weighted by atomic mass is 10.1. The van der Waals surface area contributed by atoms with Gasteiger partial charge in [-0.05, 0) is 45.7 Å². The second-order valence-corrected chi connectivity index (χ2v) is 7.10. The van der Waals surface area contributed by atoms with Gasteiger partial charge in [0.25, 0.3) is 0 Å². The van der Waals surface area contributed by atoms with Crippen LogP contribution in [-0.2, 0) is 4.79 Å². The van der Waals surface area contributed by atoms with Gasteiger partial charge in [-0.2, -0.15) is 5.10 Å². The molecule has 3 N–H and O–H groups in total. The number of urea groups is 1. The van der Waals surface area contributed by atoms with Crippen LogP contribution in [0.25, 0.3) is 11.3 Å². The molecule has 0 spiro atoms. The van der Waals surface area contributed by atoms with E-state index in [1.807, 2.05) is 20.8 Å². The molecule has 144 valence electrons. The molecule has 1 aliphatic rings. The van der Waals surface area contributed by atoms with Crippen LogP contribution in [0, 0.1) is 12.7 Å². The van der Waals surface area contributed by atoms with Crippen LogP contribution in [0.2, 0.25) is 0 Å². The van der Waals surface area contributed by atoms with Crippen molar-refractivity contribution in [2.75, 3.05) is 11.9 Å². The fourth-order valence-electron chi connectivity index (χ4n) is 3.19. The highest BCUT2D eigenvalue weighted by molar-refractivity contribution is 5.97. The van der Waals surface area contributed by atoms with E-state index >= 15 is 0 Å². The number of nitrogens with zero attached hydrogens (tertiary/aromatic N) is 2. The molecule has 27 heavy (non-hydrogen) atoms. The van der Waals surface area contributed by atoms with E-state index in [1.165, 1.54) is 6.07 Å². The molecule has 1 fully saturated rings. The first kappa shape index (κ1) is 18.9. The van der Waals surface area contributed by atoms with Gasteiger partial charge in [-0.25, -0.2) is 9.18 Å². The number of aryl methyl sites for hydroxylation is 1. The van der Waals surface area contributed by atoms with Crippen LogP contribution in [0.15, 0.2) is 24.3 Å². The normalized spacial score (nSPS) is 16.6. The van der Waals surface area contributed by atoms with E-state index in [2.05, 4.69) is 20.8 Å². The summed E-state index contributed by atoms with van der Waals surface area (Å²) in [7, 11) is 0. The molecule has 3 amide bonds. The number of hydrogen-bond donors (Lipinski definition) is 3. The largest absolute Gasteiger partial charge is 0.336 e. The van der Waals surface area contributed by atoms with Crippen LogP contribution in [0.1, 0.15) is 32.3 Å². The number of rotatable bonds is 4. The number of aromatic amines is 1. The van der Waals surface area contributed by atoms with Crippen LogP contribution in [0.3, 0.4) is 0 Å². The Labute approximate surface area is 157 Å². The van der Waals surface area contributed by atoms with E-state index in [9.17, 15) is 14.0 Å². The predicted octanol–water partition coefficient (Wildman–Crippen LogP) is 3.05. The Balaban J connectivity index is 1.70. The standard InChI is InChI=1S/C19H24FN5O2/c1-11(2)21-19(27)25-8-4-5-16(25)18(26)22-17-10-15(23-24-17)13-9-12(3)6-7-14(13)20/h6-7,9-11,16H,4-5,8H2,1-3H3,(H,21,27)(H2,22,23,24,26)/t16-/m0/s1. The molecule has 1 atom stereocenters. The molecule has 1 aliphatic heterocycles. The number of likely N-dealkylation sites (tertiary alicyclic amines) is 1. The van der Waals surface area contributed by atoms with E-state index in [-0.39, 0.29) is 23.8 Å². The van der Waals surface area contributed by atoms with Gasteiger partial charge in [-0.15, -0.1) is 0 Å². The van der Waals surface area contributed by atoms with E-state index in [0.717, 1.165) is 12.0 Å². The summed E-state index contributed by atoms with van der Waals surface area (Å²) in [5, 5.41) is 12.3. The fourth-order valence-corrected chi connectivity index (χ4v) is 3.19. The maximum absolute atomic E-state index is 14.0. The summed E-state index contributed by atoms with van der Waals surface area (Å²) in [6, 6.07) is 5.60. The summed E-state index contributed by atoms with van der Waals surface area (Å²) in [5.41, 5.74) is 1.79. The minimum Gasteiger partial charge on any atom is -0.336 e. The van der Waals surface area contributed by atoms with Gasteiger partial charge in [-0.3, -0.25) is 9.89 Å². The highest BCUT2D eigenvalue weighted by Crippen LogP contribution is 2.25. The van der Waals surface area contributed by atoms with Crippen molar-refractivity contribution in [2.45, 2.75) is 45.7 Å². The van der Waals surface area contributed by atoms with Crippen molar-refractivity contribution >= 4 is 17.8 Å². The van der Waals surface area contributed by atoms with Crippen molar-refractivity contribution < 1.29 is 14.0 Å². The lowest BCUT2D eigenvalue weighted by Crippen LogP contribution is -2.49. The van der Waals surface area contributed by atoms with Gasteiger partial charge in [0.1, 0.15) is 11.9 Å². The summed E-state index contributed by atoms with van der Waals surface area (Å²) in [5.74, 6) is -0.365. The van der Waals surface area contributed by atoms with Crippen molar-refractivity contribution in [3.8, 4) is 11.3 Å². The summed E-state index contributed by atoms with van der Waals surface area (Å²) in [6.07, 6.45) is 1.37. The molecule has 0 saturated carbocycles. The van der Waals surface area contributed by atoms with E-state index in [4.69, 9.17) is 0 Å². The van der Waals surface area contributed by atoms with Crippen molar-refractivity contribution in [1.29, 1.82) is 0 Å². The summed E-state index contributed by atoms with van der Waals surface area (Å²) in [6.45, 7) is 6.16. The van der Waals surface area contributed by atoms with Gasteiger partial charge >= 0.3 is 6.03 Å². The second kappa shape index (κ2) is 7.77. The molecule has 2 heterocycles. The SMILES string of the molecule is Cc1ccc(F)c(-c2cc(NC(=O)[C@@H]3CCCN3C(=O)NC(C)C)n[nH]2)c1. The number of carbonyl (C=O) groups excluding carboxylic acids is 2. The van der Waals surface area contributed by atoms with Crippen LogP contribution >= 0.6 is 0 Å². The van der Waals surface area contributed by atoms with Crippen LogP contribution < -0.4 is 10.6 Å². The zero-order valence-corrected chi connectivity index (χ0v) is 15.7. The monoisotopic (exact) mass is 373 g/mol. The molecule has 1 aromatic heterocycles. The molecule has 1 aromatic carbocycles. The third-order valence-corrected chi connectivity index (χ3v) is 4.47. The van der Waals surface area contributed by atoms with Gasteiger partial charge in [0.2, 0.25) is 5.91 Å². The van der Waals surface area contributed by atoms with Crippen molar-refractivity contribution in [3.05, 3.63) is 35.6 Å². The Bertz CT molecular complexity index is 848. The lowest BCUT2D eigenvalue weighted by molar-refractivity contribution is -0.119. The molecule has 0 bridgehead atoms. The quantitative estimate of drug-likeness (QED) is 0.769. The maximum Gasteiger partial charge on any atom is 0.318 e. The molecule has 0 radical (unpaired) electrons. The Morgan fingerprint density at radius 2 is 2.11 bits per heavy atom. The number of halogens is 1. The minimum absolute atomic E-state index is 0.0000598. The molecule has 1 saturated heterocycles.